The molecule has 0 N–H and O–H groups in total. The number of ketones is 2. The standard InChI is InChI=1S/C40H43N3O5.C33H29N3O5/c1-26(2)24-38(41-47-29(6)44)31-12-18-35(19-13-31)43(36-20-14-32(15-21-36)39(25-27(3)4)42-48-30(7)45)37-22-16-34(17-23-37)40(46)33-10-8-28(5)9-11-33;1-22-6-5-7-29(20-22)33(39)28-12-18-32(19-13-28)36(30-14-8-26(9-15-30)21-34-40-24(3)37)31-16-10-27(11-17-31)23(2)35-41-25(4)38/h8-23,26-27H,24-25H2,1-7H3;5-21H,1-4H3/b41-38-,42-39?;34-21-,35-23?. The summed E-state index contributed by atoms with van der Waals surface area (Å²) in [5, 5.41) is 15.8. The molecule has 8 aromatic carbocycles. The number of hydrogen-bond donors (Lipinski definition) is 0. The molecular weight excluding hydrogens is 1120 g/mol. The van der Waals surface area contributed by atoms with Crippen molar-refractivity contribution >= 4 is 92.9 Å². The lowest BCUT2D eigenvalue weighted by molar-refractivity contribution is -0.141. The number of nitrogens with zero attached hydrogens (tertiary/aromatic N) is 6. The summed E-state index contributed by atoms with van der Waals surface area (Å²) in [6, 6.07) is 61.1. The van der Waals surface area contributed by atoms with Gasteiger partial charge in [0, 0.05) is 84.1 Å². The van der Waals surface area contributed by atoms with Crippen LogP contribution in [-0.2, 0) is 38.5 Å². The summed E-state index contributed by atoms with van der Waals surface area (Å²) in [5.74, 6) is -1.41. The molecule has 0 heterocycles. The Kier molecular flexibility index (Phi) is 23.4. The molecule has 0 aliphatic carbocycles. The van der Waals surface area contributed by atoms with Gasteiger partial charge in [0.2, 0.25) is 0 Å². The van der Waals surface area contributed by atoms with Gasteiger partial charge in [-0.1, -0.05) is 150 Å². The van der Waals surface area contributed by atoms with Crippen molar-refractivity contribution in [2.75, 3.05) is 9.80 Å². The second-order valence-corrected chi connectivity index (χ2v) is 21.9. The first-order valence-corrected chi connectivity index (χ1v) is 29.0. The molecule has 0 unspecified atom stereocenters. The Labute approximate surface area is 519 Å². The molecular formula is C73H72N6O10. The number of aryl methyl sites for hydroxylation is 2. The number of carbonyl (C=O) groups excluding carboxylic acids is 6. The van der Waals surface area contributed by atoms with Crippen LogP contribution in [0.1, 0.15) is 140 Å². The fourth-order valence-electron chi connectivity index (χ4n) is 9.18. The van der Waals surface area contributed by atoms with Crippen LogP contribution in [0.3, 0.4) is 0 Å². The van der Waals surface area contributed by atoms with Crippen LogP contribution in [0, 0.1) is 25.7 Å². The van der Waals surface area contributed by atoms with Crippen molar-refractivity contribution in [1.29, 1.82) is 0 Å². The predicted octanol–water partition coefficient (Wildman–Crippen LogP) is 16.2. The lowest BCUT2D eigenvalue weighted by atomic mass is 9.99. The topological polar surface area (TPSA) is 195 Å². The molecule has 16 nitrogen and oxygen atoms in total. The molecule has 89 heavy (non-hydrogen) atoms. The van der Waals surface area contributed by atoms with E-state index in [1.165, 1.54) is 33.9 Å². The molecule has 8 rings (SSSR count). The van der Waals surface area contributed by atoms with Gasteiger partial charge in [0.1, 0.15) is 0 Å². The molecule has 0 aliphatic heterocycles. The number of benzene rings is 8. The molecule has 8 aromatic rings. The van der Waals surface area contributed by atoms with E-state index in [-0.39, 0.29) is 11.6 Å². The number of hydrogen-bond acceptors (Lipinski definition) is 16. The van der Waals surface area contributed by atoms with Crippen LogP contribution < -0.4 is 9.80 Å². The molecule has 0 amide bonds. The van der Waals surface area contributed by atoms with Crippen LogP contribution in [0.5, 0.6) is 0 Å². The zero-order valence-corrected chi connectivity index (χ0v) is 51.9. The number of anilines is 6. The maximum Gasteiger partial charge on any atom is 0.331 e. The predicted molar refractivity (Wildman–Crippen MR) is 350 cm³/mol. The summed E-state index contributed by atoms with van der Waals surface area (Å²) in [7, 11) is 0. The summed E-state index contributed by atoms with van der Waals surface area (Å²) in [5.41, 5.74) is 14.9. The van der Waals surface area contributed by atoms with Gasteiger partial charge in [0.05, 0.1) is 23.3 Å². The minimum Gasteiger partial charge on any atom is -0.319 e. The maximum atomic E-state index is 13.2. The third-order valence-corrected chi connectivity index (χ3v) is 13.4. The molecule has 0 bridgehead atoms. The lowest BCUT2D eigenvalue weighted by Crippen LogP contribution is -2.12. The summed E-state index contributed by atoms with van der Waals surface area (Å²) in [6.45, 7) is 19.3. The van der Waals surface area contributed by atoms with E-state index in [9.17, 15) is 28.8 Å². The second kappa shape index (κ2) is 31.6. The average Bonchev–Trinajstić information content (AvgIpc) is 2.44. The molecule has 0 radical (unpaired) electrons. The Morgan fingerprint density at radius 2 is 0.697 bits per heavy atom. The first-order chi connectivity index (χ1) is 42.6. The van der Waals surface area contributed by atoms with Gasteiger partial charge in [-0.15, -0.1) is 0 Å². The van der Waals surface area contributed by atoms with Crippen LogP contribution >= 0.6 is 0 Å². The third kappa shape index (κ3) is 19.4. The van der Waals surface area contributed by atoms with Gasteiger partial charge in [-0.2, -0.15) is 0 Å². The second-order valence-electron chi connectivity index (χ2n) is 21.9. The van der Waals surface area contributed by atoms with E-state index in [4.69, 9.17) is 14.5 Å². The van der Waals surface area contributed by atoms with Gasteiger partial charge in [0.15, 0.2) is 11.6 Å². The molecule has 0 aromatic heterocycles. The van der Waals surface area contributed by atoms with Crippen molar-refractivity contribution in [3.05, 3.63) is 250 Å². The van der Waals surface area contributed by atoms with E-state index in [2.05, 4.69) is 58.1 Å². The number of oxime groups is 4. The Bertz CT molecular complexity index is 3810. The highest BCUT2D eigenvalue weighted by molar-refractivity contribution is 6.10. The molecule has 16 heteroatoms. The first kappa shape index (κ1) is 65.8. The van der Waals surface area contributed by atoms with Gasteiger partial charge >= 0.3 is 23.9 Å². The van der Waals surface area contributed by atoms with Crippen molar-refractivity contribution in [3.8, 4) is 0 Å². The Hall–Kier alpha value is -10.7. The molecule has 0 aliphatic rings. The summed E-state index contributed by atoms with van der Waals surface area (Å²) < 4.78 is 0. The third-order valence-electron chi connectivity index (χ3n) is 13.4. The van der Waals surface area contributed by atoms with Crippen molar-refractivity contribution in [2.45, 2.75) is 89.0 Å². The molecule has 0 spiro atoms. The smallest absolute Gasteiger partial charge is 0.319 e. The van der Waals surface area contributed by atoms with Crippen molar-refractivity contribution < 1.29 is 48.1 Å². The normalized spacial score (nSPS) is 11.6. The minimum atomic E-state index is -0.495. The highest BCUT2D eigenvalue weighted by atomic mass is 16.7. The van der Waals surface area contributed by atoms with E-state index in [1.54, 1.807) is 6.92 Å². The molecule has 0 saturated carbocycles. The Balaban J connectivity index is 0.000000257. The van der Waals surface area contributed by atoms with Crippen molar-refractivity contribution in [3.63, 3.8) is 0 Å². The van der Waals surface area contributed by atoms with Gasteiger partial charge in [-0.25, -0.2) is 19.2 Å². The van der Waals surface area contributed by atoms with Gasteiger partial charge in [-0.3, -0.25) is 9.59 Å². The molecule has 0 saturated heterocycles. The van der Waals surface area contributed by atoms with E-state index in [1.807, 2.05) is 213 Å². The maximum absolute atomic E-state index is 13.2. The van der Waals surface area contributed by atoms with Crippen LogP contribution in [0.15, 0.2) is 215 Å². The van der Waals surface area contributed by atoms with Crippen molar-refractivity contribution in [1.82, 2.24) is 0 Å². The van der Waals surface area contributed by atoms with E-state index >= 15 is 0 Å². The average molecular weight is 1190 g/mol. The Morgan fingerprint density at radius 3 is 1.06 bits per heavy atom. The zero-order chi connectivity index (χ0) is 64.1. The SMILES string of the molecule is CC(=O)ON=C(C)c1ccc(N(c2ccc(/C=N\OC(C)=O)cc2)c2ccc(C(=O)c3cccc(C)c3)cc2)cc1.CC(=O)ON=C(CC(C)C)c1ccc(N(c2ccc(C(=O)c3ccc(C)cc3)cc2)c2ccc(/C(CC(C)C)=N\OC(C)=O)cc2)cc1. The highest BCUT2D eigenvalue weighted by Gasteiger charge is 2.20. The van der Waals surface area contributed by atoms with Gasteiger partial charge in [-0.05, 0) is 171 Å². The Morgan fingerprint density at radius 1 is 0.371 bits per heavy atom. The monoisotopic (exact) mass is 1190 g/mol. The molecule has 0 atom stereocenters. The lowest BCUT2D eigenvalue weighted by Gasteiger charge is -2.26. The minimum absolute atomic E-state index is 0.0451. The van der Waals surface area contributed by atoms with Crippen LogP contribution in [0.25, 0.3) is 0 Å². The van der Waals surface area contributed by atoms with Crippen LogP contribution in [-0.4, -0.2) is 58.8 Å². The summed E-state index contributed by atoms with van der Waals surface area (Å²) in [4.78, 5) is 94.9. The zero-order valence-electron chi connectivity index (χ0n) is 51.9. The quantitative estimate of drug-likeness (QED) is 0.0270. The first-order valence-electron chi connectivity index (χ1n) is 29.0. The van der Waals surface area contributed by atoms with E-state index in [0.717, 1.165) is 67.5 Å². The number of rotatable bonds is 22. The van der Waals surface area contributed by atoms with Crippen LogP contribution in [0.2, 0.25) is 0 Å². The largest absolute Gasteiger partial charge is 0.331 e. The molecule has 0 fully saturated rings. The summed E-state index contributed by atoms with van der Waals surface area (Å²) >= 11 is 0. The molecule has 454 valence electrons. The summed E-state index contributed by atoms with van der Waals surface area (Å²) in [6.07, 6.45) is 2.74. The van der Waals surface area contributed by atoms with Gasteiger partial charge < -0.3 is 29.2 Å². The van der Waals surface area contributed by atoms with Gasteiger partial charge in [0.25, 0.3) is 0 Å². The highest BCUT2D eigenvalue weighted by Crippen LogP contribution is 2.37. The van der Waals surface area contributed by atoms with E-state index < -0.39 is 23.9 Å². The fraction of sp³-hybridized carbons (Fsp3) is 0.205. The number of carbonyl (C=O) groups is 6. The van der Waals surface area contributed by atoms with Crippen molar-refractivity contribution in [2.24, 2.45) is 32.5 Å². The van der Waals surface area contributed by atoms with Crippen LogP contribution in [0.4, 0.5) is 34.1 Å². The van der Waals surface area contributed by atoms with E-state index in [0.29, 0.717) is 64.1 Å². The fourth-order valence-corrected chi connectivity index (χ4v) is 9.18.